The van der Waals surface area contributed by atoms with E-state index in [2.05, 4.69) is 32.2 Å². The first-order valence-corrected chi connectivity index (χ1v) is 7.49. The Morgan fingerprint density at radius 3 is 2.55 bits per heavy atom. The maximum Gasteiger partial charge on any atom is 0.123 e. The highest BCUT2D eigenvalue weighted by atomic mass is 35.5. The van der Waals surface area contributed by atoms with Crippen molar-refractivity contribution in [3.63, 3.8) is 0 Å². The van der Waals surface area contributed by atoms with Gasteiger partial charge in [-0.15, -0.1) is 0 Å². The van der Waals surface area contributed by atoms with Crippen molar-refractivity contribution >= 4 is 11.6 Å². The van der Waals surface area contributed by atoms with E-state index in [4.69, 9.17) is 21.1 Å². The Bertz CT molecular complexity index is 421. The van der Waals surface area contributed by atoms with Gasteiger partial charge in [0.2, 0.25) is 0 Å². The van der Waals surface area contributed by atoms with Gasteiger partial charge in [-0.25, -0.2) is 0 Å². The number of hydrogen-bond acceptors (Lipinski definition) is 3. The maximum absolute atomic E-state index is 6.27. The predicted molar refractivity (Wildman–Crippen MR) is 85.1 cm³/mol. The molecule has 1 aromatic rings. The van der Waals surface area contributed by atoms with Crippen LogP contribution in [0.25, 0.3) is 0 Å². The minimum atomic E-state index is 0.103. The fraction of sp³-hybridized carbons (Fsp3) is 0.625. The summed E-state index contributed by atoms with van der Waals surface area (Å²) in [5.41, 5.74) is 2.20. The van der Waals surface area contributed by atoms with E-state index in [0.717, 1.165) is 35.0 Å². The van der Waals surface area contributed by atoms with Gasteiger partial charge in [0.15, 0.2) is 0 Å². The number of methoxy groups -OCH3 is 1. The lowest BCUT2D eigenvalue weighted by Crippen LogP contribution is -2.31. The second-order valence-corrected chi connectivity index (χ2v) is 5.83. The van der Waals surface area contributed by atoms with Gasteiger partial charge in [-0.3, -0.25) is 0 Å². The molecule has 0 spiro atoms. The number of benzene rings is 1. The molecule has 20 heavy (non-hydrogen) atoms. The van der Waals surface area contributed by atoms with Crippen LogP contribution in [0.4, 0.5) is 0 Å². The molecule has 0 amide bonds. The number of nitrogens with one attached hydrogen (secondary N) is 1. The molecular weight excluding hydrogens is 274 g/mol. The van der Waals surface area contributed by atoms with Crippen molar-refractivity contribution in [2.24, 2.45) is 0 Å². The quantitative estimate of drug-likeness (QED) is 0.741. The SMILES string of the molecule is COCCNCC(C)Oc1cc(C(C)C)c(Cl)cc1C. The number of rotatable bonds is 8. The van der Waals surface area contributed by atoms with E-state index in [0.29, 0.717) is 12.5 Å². The van der Waals surface area contributed by atoms with Crippen LogP contribution in [0.2, 0.25) is 5.02 Å². The van der Waals surface area contributed by atoms with E-state index in [1.54, 1.807) is 7.11 Å². The molecule has 1 atom stereocenters. The van der Waals surface area contributed by atoms with Crippen LogP contribution in [0.15, 0.2) is 12.1 Å². The average Bonchev–Trinajstić information content (AvgIpc) is 2.37. The third-order valence-corrected chi connectivity index (χ3v) is 3.49. The van der Waals surface area contributed by atoms with Crippen molar-refractivity contribution in [3.05, 3.63) is 28.3 Å². The smallest absolute Gasteiger partial charge is 0.123 e. The Morgan fingerprint density at radius 1 is 1.25 bits per heavy atom. The lowest BCUT2D eigenvalue weighted by Gasteiger charge is -2.19. The Balaban J connectivity index is 2.64. The first kappa shape index (κ1) is 17.3. The van der Waals surface area contributed by atoms with Crippen LogP contribution in [0, 0.1) is 6.92 Å². The van der Waals surface area contributed by atoms with Gasteiger partial charge >= 0.3 is 0 Å². The summed E-state index contributed by atoms with van der Waals surface area (Å²) in [6.45, 7) is 10.7. The van der Waals surface area contributed by atoms with E-state index in [9.17, 15) is 0 Å². The Labute approximate surface area is 127 Å². The van der Waals surface area contributed by atoms with E-state index < -0.39 is 0 Å². The second kappa shape index (κ2) is 8.50. The summed E-state index contributed by atoms with van der Waals surface area (Å²) in [4.78, 5) is 0. The van der Waals surface area contributed by atoms with Crippen LogP contribution < -0.4 is 10.1 Å². The van der Waals surface area contributed by atoms with Crippen LogP contribution in [-0.2, 0) is 4.74 Å². The van der Waals surface area contributed by atoms with E-state index >= 15 is 0 Å². The minimum absolute atomic E-state index is 0.103. The fourth-order valence-electron chi connectivity index (χ4n) is 1.98. The van der Waals surface area contributed by atoms with Gasteiger partial charge in [-0.2, -0.15) is 0 Å². The zero-order valence-electron chi connectivity index (χ0n) is 13.1. The van der Waals surface area contributed by atoms with Crippen LogP contribution in [-0.4, -0.2) is 32.9 Å². The molecule has 1 N–H and O–H groups in total. The molecular formula is C16H26ClNO2. The lowest BCUT2D eigenvalue weighted by atomic mass is 10.0. The number of ether oxygens (including phenoxy) is 2. The monoisotopic (exact) mass is 299 g/mol. The highest BCUT2D eigenvalue weighted by Crippen LogP contribution is 2.31. The summed E-state index contributed by atoms with van der Waals surface area (Å²) in [5, 5.41) is 4.11. The summed E-state index contributed by atoms with van der Waals surface area (Å²) in [6, 6.07) is 4.05. The van der Waals surface area contributed by atoms with Crippen molar-refractivity contribution in [2.75, 3.05) is 26.8 Å². The van der Waals surface area contributed by atoms with Crippen LogP contribution in [0.3, 0.4) is 0 Å². The molecule has 0 aliphatic rings. The van der Waals surface area contributed by atoms with Gasteiger partial charge in [-0.1, -0.05) is 25.4 Å². The number of aryl methyl sites for hydroxylation is 1. The Hall–Kier alpha value is -0.770. The third kappa shape index (κ3) is 5.31. The van der Waals surface area contributed by atoms with Gasteiger partial charge in [0.05, 0.1) is 6.61 Å². The summed E-state index contributed by atoms with van der Waals surface area (Å²) in [6.07, 6.45) is 0.103. The van der Waals surface area contributed by atoms with E-state index in [1.807, 2.05) is 13.0 Å². The molecule has 0 fully saturated rings. The zero-order chi connectivity index (χ0) is 15.1. The van der Waals surface area contributed by atoms with Gasteiger partial charge in [0.1, 0.15) is 11.9 Å². The molecule has 0 aliphatic heterocycles. The summed E-state index contributed by atoms with van der Waals surface area (Å²) in [7, 11) is 1.70. The molecule has 1 unspecified atom stereocenters. The van der Waals surface area contributed by atoms with Crippen molar-refractivity contribution in [3.8, 4) is 5.75 Å². The molecule has 0 saturated heterocycles. The zero-order valence-corrected chi connectivity index (χ0v) is 13.9. The van der Waals surface area contributed by atoms with Crippen molar-refractivity contribution in [1.29, 1.82) is 0 Å². The van der Waals surface area contributed by atoms with Crippen molar-refractivity contribution in [1.82, 2.24) is 5.32 Å². The number of halogens is 1. The molecule has 0 aromatic heterocycles. The van der Waals surface area contributed by atoms with Gasteiger partial charge in [0, 0.05) is 25.2 Å². The van der Waals surface area contributed by atoms with Crippen molar-refractivity contribution < 1.29 is 9.47 Å². The van der Waals surface area contributed by atoms with Crippen molar-refractivity contribution in [2.45, 2.75) is 39.7 Å². The molecule has 0 heterocycles. The van der Waals surface area contributed by atoms with Crippen LogP contribution in [0.5, 0.6) is 5.75 Å². The third-order valence-electron chi connectivity index (χ3n) is 3.16. The molecule has 4 heteroatoms. The average molecular weight is 300 g/mol. The molecule has 0 saturated carbocycles. The standard InChI is InChI=1S/C16H26ClNO2/c1-11(2)14-9-16(12(3)8-15(14)17)20-13(4)10-18-6-7-19-5/h8-9,11,13,18H,6-7,10H2,1-5H3. The van der Waals surface area contributed by atoms with Gasteiger partial charge < -0.3 is 14.8 Å². The molecule has 3 nitrogen and oxygen atoms in total. The fourth-order valence-corrected chi connectivity index (χ4v) is 2.41. The summed E-state index contributed by atoms with van der Waals surface area (Å²) < 4.78 is 11.0. The van der Waals surface area contributed by atoms with E-state index in [-0.39, 0.29) is 6.10 Å². The summed E-state index contributed by atoms with van der Waals surface area (Å²) in [5.74, 6) is 1.31. The maximum atomic E-state index is 6.27. The number of hydrogen-bond donors (Lipinski definition) is 1. The molecule has 1 aromatic carbocycles. The first-order chi connectivity index (χ1) is 9.45. The first-order valence-electron chi connectivity index (χ1n) is 7.12. The van der Waals surface area contributed by atoms with E-state index in [1.165, 1.54) is 0 Å². The van der Waals surface area contributed by atoms with Crippen LogP contribution >= 0.6 is 11.6 Å². The second-order valence-electron chi connectivity index (χ2n) is 5.42. The predicted octanol–water partition coefficient (Wildman–Crippen LogP) is 3.78. The Morgan fingerprint density at radius 2 is 1.95 bits per heavy atom. The molecule has 114 valence electrons. The van der Waals surface area contributed by atoms with Crippen LogP contribution in [0.1, 0.15) is 37.8 Å². The lowest BCUT2D eigenvalue weighted by molar-refractivity contribution is 0.183. The topological polar surface area (TPSA) is 30.5 Å². The molecule has 0 bridgehead atoms. The highest BCUT2D eigenvalue weighted by molar-refractivity contribution is 6.31. The normalized spacial score (nSPS) is 12.8. The molecule has 1 rings (SSSR count). The minimum Gasteiger partial charge on any atom is -0.489 e. The summed E-state index contributed by atoms with van der Waals surface area (Å²) >= 11 is 6.27. The Kier molecular flexibility index (Phi) is 7.35. The molecule has 0 aliphatic carbocycles. The van der Waals surface area contributed by atoms with Gasteiger partial charge in [-0.05, 0) is 43.0 Å². The van der Waals surface area contributed by atoms with Gasteiger partial charge in [0.25, 0.3) is 0 Å². The largest absolute Gasteiger partial charge is 0.489 e. The highest BCUT2D eigenvalue weighted by Gasteiger charge is 2.12. The molecule has 0 radical (unpaired) electrons.